The molecule has 7 heteroatoms. The fourth-order valence-corrected chi connectivity index (χ4v) is 3.98. The number of aliphatic hydroxyl groups is 1. The molecule has 0 radical (unpaired) electrons. The van der Waals surface area contributed by atoms with Gasteiger partial charge >= 0.3 is 0 Å². The summed E-state index contributed by atoms with van der Waals surface area (Å²) in [6.07, 6.45) is 7.28. The number of hydrogen-bond acceptors (Lipinski definition) is 6. The molecule has 5 rings (SSSR count). The molecule has 32 heavy (non-hydrogen) atoms. The minimum Gasteiger partial charge on any atom is -0.382 e. The summed E-state index contributed by atoms with van der Waals surface area (Å²) in [5.74, 6) is 6.88. The number of amides is 1. The third kappa shape index (κ3) is 3.83. The molecule has 1 aliphatic heterocycles. The van der Waals surface area contributed by atoms with Crippen molar-refractivity contribution in [2.75, 3.05) is 11.9 Å². The molecule has 0 aromatic carbocycles. The van der Waals surface area contributed by atoms with Crippen LogP contribution in [-0.4, -0.2) is 38.7 Å². The lowest BCUT2D eigenvalue weighted by atomic mass is 9.89. The van der Waals surface area contributed by atoms with E-state index >= 15 is 0 Å². The smallest absolute Gasteiger partial charge is 0.228 e. The van der Waals surface area contributed by atoms with Gasteiger partial charge in [0, 0.05) is 53.0 Å². The van der Waals surface area contributed by atoms with E-state index in [0.717, 1.165) is 40.4 Å². The summed E-state index contributed by atoms with van der Waals surface area (Å²) in [5, 5.41) is 15.5. The fraction of sp³-hybridized carbons (Fsp3) is 0.360. The molecule has 162 valence electrons. The van der Waals surface area contributed by atoms with Gasteiger partial charge in [0.2, 0.25) is 5.91 Å². The van der Waals surface area contributed by atoms with Gasteiger partial charge in [0.1, 0.15) is 17.1 Å². The maximum absolute atomic E-state index is 12.1. The molecule has 0 unspecified atom stereocenters. The second-order valence-corrected chi connectivity index (χ2v) is 8.51. The van der Waals surface area contributed by atoms with Crippen LogP contribution in [0.1, 0.15) is 48.7 Å². The summed E-state index contributed by atoms with van der Waals surface area (Å²) < 4.78 is 5.51. The van der Waals surface area contributed by atoms with Crippen molar-refractivity contribution in [1.82, 2.24) is 15.0 Å². The van der Waals surface area contributed by atoms with Gasteiger partial charge in [0.25, 0.3) is 0 Å². The molecule has 4 heterocycles. The van der Waals surface area contributed by atoms with E-state index in [0.29, 0.717) is 24.5 Å². The van der Waals surface area contributed by atoms with Gasteiger partial charge in [-0.2, -0.15) is 0 Å². The Morgan fingerprint density at radius 3 is 2.69 bits per heavy atom. The minimum absolute atomic E-state index is 0.0168. The lowest BCUT2D eigenvalue weighted by molar-refractivity contribution is -0.117. The number of aryl methyl sites for hydroxylation is 1. The van der Waals surface area contributed by atoms with Gasteiger partial charge in [-0.05, 0) is 44.7 Å². The van der Waals surface area contributed by atoms with Crippen molar-refractivity contribution in [3.05, 3.63) is 59.3 Å². The zero-order chi connectivity index (χ0) is 22.3. The summed E-state index contributed by atoms with van der Waals surface area (Å²) in [4.78, 5) is 25.3. The average molecular weight is 428 g/mol. The number of rotatable bonds is 3. The van der Waals surface area contributed by atoms with Crippen molar-refractivity contribution in [3.63, 3.8) is 0 Å². The van der Waals surface area contributed by atoms with Crippen LogP contribution in [0, 0.1) is 24.7 Å². The normalized spacial score (nSPS) is 22.4. The molecule has 1 saturated carbocycles. The van der Waals surface area contributed by atoms with E-state index in [2.05, 4.69) is 32.1 Å². The van der Waals surface area contributed by atoms with E-state index < -0.39 is 5.60 Å². The number of anilines is 1. The van der Waals surface area contributed by atoms with Crippen molar-refractivity contribution in [2.45, 2.75) is 44.8 Å². The Bertz CT molecular complexity index is 1260. The minimum atomic E-state index is -1.01. The Balaban J connectivity index is 1.44. The van der Waals surface area contributed by atoms with Crippen molar-refractivity contribution in [1.29, 1.82) is 0 Å². The summed E-state index contributed by atoms with van der Waals surface area (Å²) >= 11 is 0. The summed E-state index contributed by atoms with van der Waals surface area (Å²) in [5.41, 5.74) is 1.90. The molecule has 2 atom stereocenters. The highest BCUT2D eigenvalue weighted by Crippen LogP contribution is 2.35. The molecule has 2 N–H and O–H groups in total. The van der Waals surface area contributed by atoms with Gasteiger partial charge in [-0.3, -0.25) is 9.78 Å². The number of carbonyl (C=O) groups is 1. The van der Waals surface area contributed by atoms with Crippen molar-refractivity contribution in [3.8, 4) is 11.8 Å². The number of aromatic nitrogens is 3. The summed E-state index contributed by atoms with van der Waals surface area (Å²) in [6, 6.07) is 5.50. The third-order valence-corrected chi connectivity index (χ3v) is 6.28. The predicted octanol–water partition coefficient (Wildman–Crippen LogP) is 3.08. The van der Waals surface area contributed by atoms with Gasteiger partial charge in [0.05, 0.1) is 18.3 Å². The van der Waals surface area contributed by atoms with Gasteiger partial charge in [0.15, 0.2) is 0 Å². The zero-order valence-electron chi connectivity index (χ0n) is 18.1. The van der Waals surface area contributed by atoms with Crippen LogP contribution in [0.15, 0.2) is 36.8 Å². The Kier molecular flexibility index (Phi) is 5.12. The number of carbonyl (C=O) groups excluding carboxylic acids is 1. The second-order valence-electron chi connectivity index (χ2n) is 8.51. The van der Waals surface area contributed by atoms with E-state index in [-0.39, 0.29) is 17.9 Å². The second kappa shape index (κ2) is 7.97. The van der Waals surface area contributed by atoms with Gasteiger partial charge in [-0.1, -0.05) is 12.0 Å². The van der Waals surface area contributed by atoms with Crippen LogP contribution in [0.25, 0.3) is 10.8 Å². The zero-order valence-corrected chi connectivity index (χ0v) is 18.1. The molecule has 2 fully saturated rings. The monoisotopic (exact) mass is 428 g/mol. The van der Waals surface area contributed by atoms with Crippen LogP contribution in [0.5, 0.6) is 0 Å². The third-order valence-electron chi connectivity index (χ3n) is 6.28. The van der Waals surface area contributed by atoms with E-state index in [1.54, 1.807) is 24.7 Å². The largest absolute Gasteiger partial charge is 0.382 e. The molecule has 3 aromatic rings. The highest BCUT2D eigenvalue weighted by molar-refractivity contribution is 5.96. The molecule has 1 aliphatic carbocycles. The number of ether oxygens (including phenoxy) is 1. The highest BCUT2D eigenvalue weighted by Gasteiger charge is 2.41. The van der Waals surface area contributed by atoms with Crippen molar-refractivity contribution in [2.24, 2.45) is 5.92 Å². The van der Waals surface area contributed by atoms with Crippen LogP contribution >= 0.6 is 0 Å². The quantitative estimate of drug-likeness (QED) is 0.623. The molecular formula is C25H24N4O3. The Labute approximate surface area is 186 Å². The maximum Gasteiger partial charge on any atom is 0.228 e. The Morgan fingerprint density at radius 2 is 2.00 bits per heavy atom. The van der Waals surface area contributed by atoms with Crippen molar-refractivity contribution < 1.29 is 14.6 Å². The van der Waals surface area contributed by atoms with E-state index in [1.165, 1.54) is 0 Å². The Morgan fingerprint density at radius 1 is 1.16 bits per heavy atom. The first-order chi connectivity index (χ1) is 15.4. The van der Waals surface area contributed by atoms with Crippen LogP contribution in [-0.2, 0) is 15.1 Å². The predicted molar refractivity (Wildman–Crippen MR) is 120 cm³/mol. The number of nitrogens with zero attached hydrogens (tertiary/aromatic N) is 3. The van der Waals surface area contributed by atoms with Gasteiger partial charge in [-0.25, -0.2) is 9.97 Å². The number of nitrogens with one attached hydrogen (secondary N) is 1. The van der Waals surface area contributed by atoms with E-state index in [1.807, 2.05) is 26.0 Å². The van der Waals surface area contributed by atoms with Crippen molar-refractivity contribution >= 4 is 22.5 Å². The van der Waals surface area contributed by atoms with Gasteiger partial charge < -0.3 is 15.2 Å². The molecule has 1 saturated heterocycles. The van der Waals surface area contributed by atoms with Gasteiger partial charge in [-0.15, -0.1) is 0 Å². The first-order valence-corrected chi connectivity index (χ1v) is 10.8. The number of pyridine rings is 3. The summed E-state index contributed by atoms with van der Waals surface area (Å²) in [7, 11) is 0. The molecular weight excluding hydrogens is 404 g/mol. The van der Waals surface area contributed by atoms with Crippen LogP contribution < -0.4 is 5.32 Å². The Hall–Kier alpha value is -3.34. The summed E-state index contributed by atoms with van der Waals surface area (Å²) in [6.45, 7) is 4.32. The molecule has 0 bridgehead atoms. The first-order valence-electron chi connectivity index (χ1n) is 10.8. The van der Waals surface area contributed by atoms with E-state index in [4.69, 9.17) is 4.74 Å². The average Bonchev–Trinajstić information content (AvgIpc) is 3.59. The number of hydrogen-bond donors (Lipinski definition) is 2. The molecule has 0 spiro atoms. The molecule has 1 amide bonds. The maximum atomic E-state index is 12.1. The standard InChI is InChI=1S/C25H24N4O3/c1-15-22-14-28-23(29-24(30)17-3-4-17)11-21(22)18(12-26-15)5-7-20-8-6-19(13-27-20)25(31)9-10-32-16(25)2/h6,8,11-14,16-17,31H,3-4,9-10H2,1-2H3,(H,28,29,30)/t16-,25-/m1/s1. The van der Waals surface area contributed by atoms with E-state index in [9.17, 15) is 9.90 Å². The highest BCUT2D eigenvalue weighted by atomic mass is 16.5. The molecule has 2 aliphatic rings. The first kappa shape index (κ1) is 20.6. The SMILES string of the molecule is Cc1ncc(C#Cc2ccc([C@@]3(O)CCO[C@@H]3C)cn2)c2cc(NC(=O)C3CC3)ncc12. The molecule has 7 nitrogen and oxygen atoms in total. The van der Waals surface area contributed by atoms with Crippen LogP contribution in [0.2, 0.25) is 0 Å². The lowest BCUT2D eigenvalue weighted by Crippen LogP contribution is -2.33. The number of fused-ring (bicyclic) bond motifs is 1. The molecule has 3 aromatic heterocycles. The van der Waals surface area contributed by atoms with Crippen LogP contribution in [0.4, 0.5) is 5.82 Å². The topological polar surface area (TPSA) is 97.2 Å². The lowest BCUT2D eigenvalue weighted by Gasteiger charge is -2.25. The van der Waals surface area contributed by atoms with Crippen LogP contribution in [0.3, 0.4) is 0 Å². The fourth-order valence-electron chi connectivity index (χ4n) is 3.98.